The lowest BCUT2D eigenvalue weighted by atomic mass is 9.88. The van der Waals surface area contributed by atoms with Gasteiger partial charge in [0.2, 0.25) is 5.91 Å². The molecule has 0 radical (unpaired) electrons. The Labute approximate surface area is 212 Å². The van der Waals surface area contributed by atoms with E-state index in [4.69, 9.17) is 16.3 Å². The van der Waals surface area contributed by atoms with Gasteiger partial charge in [-0.2, -0.15) is 0 Å². The van der Waals surface area contributed by atoms with E-state index in [0.29, 0.717) is 41.6 Å². The van der Waals surface area contributed by atoms with Crippen molar-refractivity contribution in [3.63, 3.8) is 0 Å². The predicted octanol–water partition coefficient (Wildman–Crippen LogP) is 3.84. The molecule has 9 heteroatoms. The lowest BCUT2D eigenvalue weighted by Gasteiger charge is -2.34. The number of amides is 1. The third-order valence-corrected chi connectivity index (χ3v) is 7.41. The number of aromatic nitrogens is 4. The highest BCUT2D eigenvalue weighted by Crippen LogP contribution is 2.35. The number of pyridine rings is 1. The van der Waals surface area contributed by atoms with Crippen LogP contribution in [0.15, 0.2) is 59.5 Å². The maximum atomic E-state index is 13.4. The summed E-state index contributed by atoms with van der Waals surface area (Å²) in [6, 6.07) is 15.0. The number of aromatic amines is 1. The topological polar surface area (TPSA) is 93.1 Å². The van der Waals surface area contributed by atoms with Crippen molar-refractivity contribution >= 4 is 28.3 Å². The lowest BCUT2D eigenvalue weighted by Crippen LogP contribution is -2.44. The minimum atomic E-state index is -0.338. The number of benzene rings is 2. The number of aryl methyl sites for hydroxylation is 1. The molecule has 1 unspecified atom stereocenters. The zero-order chi connectivity index (χ0) is 24.6. The molecule has 36 heavy (non-hydrogen) atoms. The molecule has 2 aromatic heterocycles. The Bertz CT molecular complexity index is 1500. The number of ether oxygens (including phenoxy) is 1. The molecule has 2 aliphatic rings. The molecule has 0 saturated carbocycles. The molecule has 1 aliphatic heterocycles. The molecular formula is C27H26ClN5O3. The molecule has 0 spiro atoms. The van der Waals surface area contributed by atoms with Crippen LogP contribution >= 0.6 is 11.6 Å². The number of H-pyrrole nitrogens is 1. The second kappa shape index (κ2) is 9.52. The van der Waals surface area contributed by atoms with E-state index in [1.165, 1.54) is 11.1 Å². The van der Waals surface area contributed by atoms with Gasteiger partial charge in [-0.05, 0) is 60.0 Å². The van der Waals surface area contributed by atoms with Gasteiger partial charge in [0.1, 0.15) is 11.7 Å². The number of hydrogen-bond acceptors (Lipinski definition) is 5. The predicted molar refractivity (Wildman–Crippen MR) is 136 cm³/mol. The highest BCUT2D eigenvalue weighted by Gasteiger charge is 2.32. The van der Waals surface area contributed by atoms with Gasteiger partial charge in [-0.3, -0.25) is 9.59 Å². The van der Waals surface area contributed by atoms with E-state index in [1.807, 2.05) is 47.3 Å². The zero-order valence-electron chi connectivity index (χ0n) is 19.7. The van der Waals surface area contributed by atoms with Crippen LogP contribution in [0.2, 0.25) is 5.02 Å². The maximum Gasteiger partial charge on any atom is 0.256 e. The fourth-order valence-corrected chi connectivity index (χ4v) is 5.57. The van der Waals surface area contributed by atoms with Crippen molar-refractivity contribution in [1.82, 2.24) is 24.9 Å². The normalized spacial score (nSPS) is 19.9. The number of carbonyl (C=O) groups is 1. The second-order valence-electron chi connectivity index (χ2n) is 9.44. The van der Waals surface area contributed by atoms with Crippen molar-refractivity contribution < 1.29 is 9.53 Å². The maximum absolute atomic E-state index is 13.4. The standard InChI is InChI=1S/C27H26ClN5O3/c28-19-9-8-17-5-3-7-24(22(17)13-19)33-15-23(30-31-33)25-16-36-11-10-32(25)26(34)14-20-12-18-4-1-2-6-21(18)27(35)29-20/h1-2,4,6,8-9,12-13,15,24-25H,3,5,7,10-11,14,16H2,(H,29,35)/t24-,25?/m1/s1. The quantitative estimate of drug-likeness (QED) is 0.456. The van der Waals surface area contributed by atoms with Crippen LogP contribution in [-0.4, -0.2) is 50.5 Å². The van der Waals surface area contributed by atoms with Crippen molar-refractivity contribution in [2.75, 3.05) is 19.8 Å². The highest BCUT2D eigenvalue weighted by atomic mass is 35.5. The van der Waals surface area contributed by atoms with Gasteiger partial charge in [-0.25, -0.2) is 4.68 Å². The van der Waals surface area contributed by atoms with Crippen LogP contribution < -0.4 is 5.56 Å². The smallest absolute Gasteiger partial charge is 0.256 e. The molecule has 1 saturated heterocycles. The molecule has 2 aromatic carbocycles. The van der Waals surface area contributed by atoms with Gasteiger partial charge < -0.3 is 14.6 Å². The summed E-state index contributed by atoms with van der Waals surface area (Å²) < 4.78 is 7.62. The van der Waals surface area contributed by atoms with Crippen LogP contribution in [0.4, 0.5) is 0 Å². The van der Waals surface area contributed by atoms with E-state index in [1.54, 1.807) is 11.0 Å². The summed E-state index contributed by atoms with van der Waals surface area (Å²) in [6.07, 6.45) is 5.07. The summed E-state index contributed by atoms with van der Waals surface area (Å²) in [5, 5.41) is 11.0. The molecule has 0 bridgehead atoms. The van der Waals surface area contributed by atoms with Crippen LogP contribution in [0, 0.1) is 0 Å². The van der Waals surface area contributed by atoms with Crippen LogP contribution in [0.3, 0.4) is 0 Å². The largest absolute Gasteiger partial charge is 0.377 e. The molecule has 4 aromatic rings. The molecule has 8 nitrogen and oxygen atoms in total. The van der Waals surface area contributed by atoms with E-state index < -0.39 is 0 Å². The Morgan fingerprint density at radius 3 is 2.97 bits per heavy atom. The number of nitrogens with zero attached hydrogens (tertiary/aromatic N) is 4. The number of carbonyl (C=O) groups excluding carboxylic acids is 1. The Kier molecular flexibility index (Phi) is 6.07. The molecular weight excluding hydrogens is 478 g/mol. The van der Waals surface area contributed by atoms with E-state index in [-0.39, 0.29) is 30.0 Å². The third kappa shape index (κ3) is 4.31. The monoisotopic (exact) mass is 503 g/mol. The number of morpholine rings is 1. The average molecular weight is 504 g/mol. The summed E-state index contributed by atoms with van der Waals surface area (Å²) in [5.74, 6) is -0.0847. The number of fused-ring (bicyclic) bond motifs is 2. The summed E-state index contributed by atoms with van der Waals surface area (Å²) >= 11 is 6.29. The second-order valence-corrected chi connectivity index (χ2v) is 9.88. The van der Waals surface area contributed by atoms with Gasteiger partial charge in [0.05, 0.1) is 31.9 Å². The van der Waals surface area contributed by atoms with Crippen molar-refractivity contribution in [2.24, 2.45) is 0 Å². The van der Waals surface area contributed by atoms with Crippen LogP contribution in [-0.2, 0) is 22.4 Å². The van der Waals surface area contributed by atoms with Gasteiger partial charge in [-0.15, -0.1) is 5.10 Å². The first-order chi connectivity index (χ1) is 17.6. The molecule has 6 rings (SSSR count). The van der Waals surface area contributed by atoms with Gasteiger partial charge in [0, 0.05) is 22.6 Å². The van der Waals surface area contributed by atoms with Gasteiger partial charge >= 0.3 is 0 Å². The number of rotatable bonds is 4. The first-order valence-electron chi connectivity index (χ1n) is 12.2. The number of hydrogen-bond donors (Lipinski definition) is 1. The van der Waals surface area contributed by atoms with Crippen molar-refractivity contribution in [2.45, 2.75) is 37.8 Å². The fraction of sp³-hybridized carbons (Fsp3) is 0.333. The summed E-state index contributed by atoms with van der Waals surface area (Å²) in [6.45, 7) is 1.26. The van der Waals surface area contributed by atoms with Crippen LogP contribution in [0.5, 0.6) is 0 Å². The van der Waals surface area contributed by atoms with Crippen molar-refractivity contribution in [1.29, 1.82) is 0 Å². The molecule has 1 fully saturated rings. The van der Waals surface area contributed by atoms with E-state index in [9.17, 15) is 9.59 Å². The van der Waals surface area contributed by atoms with E-state index in [2.05, 4.69) is 21.4 Å². The Hall–Kier alpha value is -3.49. The van der Waals surface area contributed by atoms with Crippen LogP contribution in [0.25, 0.3) is 10.8 Å². The summed E-state index contributed by atoms with van der Waals surface area (Å²) in [5.41, 5.74) is 3.57. The molecule has 184 valence electrons. The minimum absolute atomic E-state index is 0.0602. The highest BCUT2D eigenvalue weighted by molar-refractivity contribution is 6.30. The number of nitrogens with one attached hydrogen (secondary N) is 1. The molecule has 2 atom stereocenters. The number of halogens is 1. The summed E-state index contributed by atoms with van der Waals surface area (Å²) in [7, 11) is 0. The Morgan fingerprint density at radius 1 is 1.17 bits per heavy atom. The van der Waals surface area contributed by atoms with Crippen LogP contribution in [0.1, 0.15) is 47.4 Å². The first-order valence-corrected chi connectivity index (χ1v) is 12.6. The Morgan fingerprint density at radius 2 is 2.06 bits per heavy atom. The first kappa shape index (κ1) is 22.9. The van der Waals surface area contributed by atoms with E-state index in [0.717, 1.165) is 24.6 Å². The van der Waals surface area contributed by atoms with Gasteiger partial charge in [0.15, 0.2) is 0 Å². The molecule has 1 N–H and O–H groups in total. The van der Waals surface area contributed by atoms with Gasteiger partial charge in [0.25, 0.3) is 5.56 Å². The SMILES string of the molecule is O=C(Cc1cc2ccccc2c(=O)[nH]1)N1CCOCC1c1cn([C@@H]2CCCc3ccc(Cl)cc32)nn1. The summed E-state index contributed by atoms with van der Waals surface area (Å²) in [4.78, 5) is 30.5. The molecule has 3 heterocycles. The van der Waals surface area contributed by atoms with Gasteiger partial charge in [-0.1, -0.05) is 41.1 Å². The van der Waals surface area contributed by atoms with E-state index >= 15 is 0 Å². The van der Waals surface area contributed by atoms with Crippen molar-refractivity contribution in [3.8, 4) is 0 Å². The Balaban J connectivity index is 1.25. The zero-order valence-corrected chi connectivity index (χ0v) is 20.4. The molecule has 1 amide bonds. The fourth-order valence-electron chi connectivity index (χ4n) is 5.39. The average Bonchev–Trinajstić information content (AvgIpc) is 3.38. The van der Waals surface area contributed by atoms with Crippen molar-refractivity contribution in [3.05, 3.63) is 92.6 Å². The third-order valence-electron chi connectivity index (χ3n) is 7.18. The minimum Gasteiger partial charge on any atom is -0.377 e. The lowest BCUT2D eigenvalue weighted by molar-refractivity contribution is -0.139. The molecule has 1 aliphatic carbocycles.